The van der Waals surface area contributed by atoms with Crippen molar-refractivity contribution in [3.05, 3.63) is 59.7 Å². The number of likely N-dealkylation sites (N-methyl/N-ethyl adjacent to an activating group) is 1. The Labute approximate surface area is 194 Å². The van der Waals surface area contributed by atoms with Crippen molar-refractivity contribution in [1.29, 1.82) is 0 Å². The Morgan fingerprint density at radius 3 is 2.73 bits per heavy atom. The summed E-state index contributed by atoms with van der Waals surface area (Å²) in [6.45, 7) is 4.32. The molecule has 178 valence electrons. The van der Waals surface area contributed by atoms with Crippen LogP contribution in [-0.4, -0.2) is 72.9 Å². The number of amides is 1. The highest BCUT2D eigenvalue weighted by Gasteiger charge is 2.27. The van der Waals surface area contributed by atoms with Gasteiger partial charge in [0.2, 0.25) is 0 Å². The Morgan fingerprint density at radius 1 is 1.24 bits per heavy atom. The second-order valence-electron chi connectivity index (χ2n) is 8.39. The fourth-order valence-corrected chi connectivity index (χ4v) is 4.02. The summed E-state index contributed by atoms with van der Waals surface area (Å²) >= 11 is 0. The molecule has 0 aliphatic carbocycles. The topological polar surface area (TPSA) is 102 Å². The standard InChI is InChI=1S/C25H33N3O5/c1-3-11-26-25(32)19-7-4-8-20(13-19)27(2)23(16-28-12-10-21(29)15-28)18-6-5-9-22(14-18)33-17-24(30)31/h4-9,13-14,21,23,29H,3,10-12,15-17H2,1-2H3,(H,26,32)(H,30,31)/t21-,23+/m0/s1. The first-order chi connectivity index (χ1) is 15.9. The van der Waals surface area contributed by atoms with Crippen LogP contribution in [0.3, 0.4) is 0 Å². The van der Waals surface area contributed by atoms with Crippen LogP contribution >= 0.6 is 0 Å². The van der Waals surface area contributed by atoms with Crippen molar-refractivity contribution in [2.24, 2.45) is 0 Å². The van der Waals surface area contributed by atoms with E-state index in [4.69, 9.17) is 9.84 Å². The van der Waals surface area contributed by atoms with Crippen molar-refractivity contribution >= 4 is 17.6 Å². The van der Waals surface area contributed by atoms with Crippen molar-refractivity contribution in [1.82, 2.24) is 10.2 Å². The van der Waals surface area contributed by atoms with Crippen LogP contribution in [0.4, 0.5) is 5.69 Å². The monoisotopic (exact) mass is 455 g/mol. The Kier molecular flexibility index (Phi) is 8.68. The van der Waals surface area contributed by atoms with E-state index in [1.807, 2.05) is 50.4 Å². The van der Waals surface area contributed by atoms with Crippen molar-refractivity contribution in [3.63, 3.8) is 0 Å². The summed E-state index contributed by atoms with van der Waals surface area (Å²) in [6, 6.07) is 14.8. The van der Waals surface area contributed by atoms with E-state index >= 15 is 0 Å². The molecule has 1 heterocycles. The van der Waals surface area contributed by atoms with Gasteiger partial charge in [0, 0.05) is 44.5 Å². The summed E-state index contributed by atoms with van der Waals surface area (Å²) < 4.78 is 5.39. The molecule has 0 unspecified atom stereocenters. The van der Waals surface area contributed by atoms with Crippen LogP contribution in [0.5, 0.6) is 5.75 Å². The molecule has 0 spiro atoms. The highest BCUT2D eigenvalue weighted by Crippen LogP contribution is 2.30. The average molecular weight is 456 g/mol. The maximum Gasteiger partial charge on any atom is 0.341 e. The number of nitrogens with one attached hydrogen (secondary N) is 1. The third-order valence-electron chi connectivity index (χ3n) is 5.80. The molecule has 8 heteroatoms. The molecule has 1 amide bonds. The van der Waals surface area contributed by atoms with Gasteiger partial charge < -0.3 is 25.2 Å². The third kappa shape index (κ3) is 6.94. The van der Waals surface area contributed by atoms with Crippen LogP contribution in [0.2, 0.25) is 0 Å². The van der Waals surface area contributed by atoms with Gasteiger partial charge in [0.05, 0.1) is 12.1 Å². The van der Waals surface area contributed by atoms with E-state index in [1.165, 1.54) is 0 Å². The molecule has 1 aliphatic rings. The molecule has 33 heavy (non-hydrogen) atoms. The molecule has 1 saturated heterocycles. The van der Waals surface area contributed by atoms with Gasteiger partial charge in [-0.2, -0.15) is 0 Å². The number of carboxylic acid groups (broad SMARTS) is 1. The van der Waals surface area contributed by atoms with Gasteiger partial charge in [0.15, 0.2) is 6.61 Å². The second kappa shape index (κ2) is 11.7. The first kappa shape index (κ1) is 24.5. The molecule has 3 rings (SSSR count). The van der Waals surface area contributed by atoms with Crippen LogP contribution in [0, 0.1) is 0 Å². The zero-order chi connectivity index (χ0) is 23.8. The number of anilines is 1. The maximum atomic E-state index is 12.5. The second-order valence-corrected chi connectivity index (χ2v) is 8.39. The summed E-state index contributed by atoms with van der Waals surface area (Å²) in [5, 5.41) is 21.8. The lowest BCUT2D eigenvalue weighted by Crippen LogP contribution is -2.36. The van der Waals surface area contributed by atoms with E-state index in [-0.39, 0.29) is 18.1 Å². The first-order valence-electron chi connectivity index (χ1n) is 11.3. The van der Waals surface area contributed by atoms with Gasteiger partial charge >= 0.3 is 5.97 Å². The van der Waals surface area contributed by atoms with Gasteiger partial charge in [-0.25, -0.2) is 4.79 Å². The molecule has 0 saturated carbocycles. The number of benzene rings is 2. The molecule has 0 aromatic heterocycles. The highest BCUT2D eigenvalue weighted by molar-refractivity contribution is 5.95. The Balaban J connectivity index is 1.87. The largest absolute Gasteiger partial charge is 0.482 e. The quantitative estimate of drug-likeness (QED) is 0.479. The van der Waals surface area contributed by atoms with E-state index in [2.05, 4.69) is 15.1 Å². The number of likely N-dealkylation sites (tertiary alicyclic amines) is 1. The molecule has 8 nitrogen and oxygen atoms in total. The van der Waals surface area contributed by atoms with Crippen LogP contribution in [-0.2, 0) is 4.79 Å². The molecule has 1 fully saturated rings. The highest BCUT2D eigenvalue weighted by atomic mass is 16.5. The number of carbonyl (C=O) groups excluding carboxylic acids is 1. The number of carbonyl (C=O) groups is 2. The number of aliphatic hydroxyl groups excluding tert-OH is 1. The minimum Gasteiger partial charge on any atom is -0.482 e. The van der Waals surface area contributed by atoms with Gasteiger partial charge in [-0.05, 0) is 48.7 Å². The molecule has 1 aliphatic heterocycles. The maximum absolute atomic E-state index is 12.5. The number of aliphatic hydroxyl groups is 1. The zero-order valence-corrected chi connectivity index (χ0v) is 19.2. The predicted octanol–water partition coefficient (Wildman–Crippen LogP) is 2.53. The van der Waals surface area contributed by atoms with Gasteiger partial charge in [-0.3, -0.25) is 9.69 Å². The number of nitrogens with zero attached hydrogens (tertiary/aromatic N) is 2. The van der Waals surface area contributed by atoms with Gasteiger partial charge in [0.25, 0.3) is 5.91 Å². The SMILES string of the molecule is CCCNC(=O)c1cccc(N(C)[C@H](CN2CC[C@H](O)C2)c2cccc(OCC(=O)O)c2)c1. The van der Waals surface area contributed by atoms with Gasteiger partial charge in [-0.15, -0.1) is 0 Å². The molecule has 0 bridgehead atoms. The molecule has 3 N–H and O–H groups in total. The molecule has 2 aromatic carbocycles. The number of carboxylic acids is 1. The molecular formula is C25H33N3O5. The fraction of sp³-hybridized carbons (Fsp3) is 0.440. The third-order valence-corrected chi connectivity index (χ3v) is 5.80. The lowest BCUT2D eigenvalue weighted by Gasteiger charge is -2.34. The van der Waals surface area contributed by atoms with Gasteiger partial charge in [-0.1, -0.05) is 25.1 Å². The lowest BCUT2D eigenvalue weighted by atomic mass is 10.0. The van der Waals surface area contributed by atoms with E-state index in [0.29, 0.717) is 30.9 Å². The van der Waals surface area contributed by atoms with Crippen LogP contribution in [0.1, 0.15) is 41.7 Å². The molecule has 0 radical (unpaired) electrons. The molecule has 2 aromatic rings. The Morgan fingerprint density at radius 2 is 2.03 bits per heavy atom. The number of hydrogen-bond donors (Lipinski definition) is 3. The number of β-amino-alcohol motifs (C(OH)–C–C–N with tert-alkyl or cyclic N) is 1. The average Bonchev–Trinajstić information content (AvgIpc) is 3.24. The van der Waals surface area contributed by atoms with Crippen molar-refractivity contribution in [3.8, 4) is 5.75 Å². The summed E-state index contributed by atoms with van der Waals surface area (Å²) in [4.78, 5) is 27.7. The summed E-state index contributed by atoms with van der Waals surface area (Å²) in [7, 11) is 1.98. The van der Waals surface area contributed by atoms with Crippen molar-refractivity contribution in [2.45, 2.75) is 31.9 Å². The fourth-order valence-electron chi connectivity index (χ4n) is 4.02. The summed E-state index contributed by atoms with van der Waals surface area (Å²) in [5.41, 5.74) is 2.45. The molecule has 2 atom stereocenters. The summed E-state index contributed by atoms with van der Waals surface area (Å²) in [6.07, 6.45) is 1.28. The van der Waals surface area contributed by atoms with E-state index in [9.17, 15) is 14.7 Å². The smallest absolute Gasteiger partial charge is 0.341 e. The number of rotatable bonds is 11. The minimum atomic E-state index is -1.03. The zero-order valence-electron chi connectivity index (χ0n) is 19.2. The van der Waals surface area contributed by atoms with Crippen LogP contribution < -0.4 is 15.0 Å². The molecular weight excluding hydrogens is 422 g/mol. The normalized spacial score (nSPS) is 16.9. The number of ether oxygens (including phenoxy) is 1. The number of aliphatic carboxylic acids is 1. The van der Waals surface area contributed by atoms with Crippen molar-refractivity contribution < 1.29 is 24.5 Å². The Bertz CT molecular complexity index is 951. The minimum absolute atomic E-state index is 0.0994. The van der Waals surface area contributed by atoms with Crippen LogP contribution in [0.15, 0.2) is 48.5 Å². The lowest BCUT2D eigenvalue weighted by molar-refractivity contribution is -0.139. The van der Waals surface area contributed by atoms with E-state index in [1.54, 1.807) is 12.1 Å². The number of hydrogen-bond acceptors (Lipinski definition) is 6. The first-order valence-corrected chi connectivity index (χ1v) is 11.3. The Hall–Kier alpha value is -3.10. The van der Waals surface area contributed by atoms with Crippen LogP contribution in [0.25, 0.3) is 0 Å². The van der Waals surface area contributed by atoms with E-state index < -0.39 is 12.6 Å². The predicted molar refractivity (Wildman–Crippen MR) is 127 cm³/mol. The summed E-state index contributed by atoms with van der Waals surface area (Å²) in [5.74, 6) is -0.642. The van der Waals surface area contributed by atoms with Crippen molar-refractivity contribution in [2.75, 3.05) is 44.7 Å². The van der Waals surface area contributed by atoms with E-state index in [0.717, 1.165) is 30.6 Å². The van der Waals surface area contributed by atoms with Gasteiger partial charge in [0.1, 0.15) is 5.75 Å².